The van der Waals surface area contributed by atoms with E-state index in [1.807, 2.05) is 24.3 Å². The first-order valence-electron chi connectivity index (χ1n) is 10.5. The molecule has 166 valence electrons. The number of fused-ring (bicyclic) bond motifs is 1. The molecule has 0 aliphatic rings. The standard InChI is InChI=1S/C25H26BrN3O3/c1-13(2)17-10-15(11-18(14(3)4)24(17)30)19-12-27-21-8-9-28-29(21)23(19)16-6-7-20(32-5)22(26)25(16)31/h6-14,30-31H,1-5H3. The quantitative estimate of drug-likeness (QED) is 0.330. The van der Waals surface area contributed by atoms with E-state index < -0.39 is 0 Å². The van der Waals surface area contributed by atoms with E-state index in [1.165, 1.54) is 0 Å². The van der Waals surface area contributed by atoms with Crippen molar-refractivity contribution >= 4 is 21.6 Å². The zero-order valence-corrected chi connectivity index (χ0v) is 20.3. The average molecular weight is 496 g/mol. The van der Waals surface area contributed by atoms with Crippen molar-refractivity contribution in [3.05, 3.63) is 58.3 Å². The van der Waals surface area contributed by atoms with Gasteiger partial charge in [0.15, 0.2) is 5.65 Å². The van der Waals surface area contributed by atoms with E-state index >= 15 is 0 Å². The number of ether oxygens (including phenoxy) is 1. The summed E-state index contributed by atoms with van der Waals surface area (Å²) < 4.78 is 7.52. The van der Waals surface area contributed by atoms with Crippen LogP contribution in [0.2, 0.25) is 0 Å². The van der Waals surface area contributed by atoms with Gasteiger partial charge in [0.2, 0.25) is 0 Å². The highest BCUT2D eigenvalue weighted by Crippen LogP contribution is 2.45. The van der Waals surface area contributed by atoms with Gasteiger partial charge in [0.05, 0.1) is 19.0 Å². The van der Waals surface area contributed by atoms with Crippen molar-refractivity contribution in [3.8, 4) is 39.6 Å². The summed E-state index contributed by atoms with van der Waals surface area (Å²) in [4.78, 5) is 4.58. The first-order valence-corrected chi connectivity index (χ1v) is 11.3. The number of aromatic nitrogens is 3. The van der Waals surface area contributed by atoms with Gasteiger partial charge in [-0.05, 0) is 68.7 Å². The van der Waals surface area contributed by atoms with Crippen LogP contribution >= 0.6 is 15.9 Å². The highest BCUT2D eigenvalue weighted by molar-refractivity contribution is 9.10. The van der Waals surface area contributed by atoms with Crippen LogP contribution in [0.4, 0.5) is 0 Å². The predicted octanol–water partition coefficient (Wildman–Crippen LogP) is 6.49. The molecule has 4 rings (SSSR count). The number of phenolic OH excluding ortho intramolecular Hbond substituents is 2. The number of aromatic hydroxyl groups is 2. The number of benzene rings is 2. The maximum absolute atomic E-state index is 11.0. The molecule has 0 spiro atoms. The van der Waals surface area contributed by atoms with Crippen LogP contribution in [0, 0.1) is 0 Å². The molecule has 0 fully saturated rings. The number of hydrogen-bond acceptors (Lipinski definition) is 5. The summed E-state index contributed by atoms with van der Waals surface area (Å²) in [5, 5.41) is 26.4. The van der Waals surface area contributed by atoms with Gasteiger partial charge in [-0.2, -0.15) is 5.10 Å². The van der Waals surface area contributed by atoms with E-state index in [0.29, 0.717) is 32.9 Å². The highest BCUT2D eigenvalue weighted by Gasteiger charge is 2.22. The van der Waals surface area contributed by atoms with Gasteiger partial charge in [-0.1, -0.05) is 27.7 Å². The second-order valence-corrected chi connectivity index (χ2v) is 9.21. The molecule has 0 bridgehead atoms. The summed E-state index contributed by atoms with van der Waals surface area (Å²) in [5.41, 5.74) is 5.42. The van der Waals surface area contributed by atoms with Crippen LogP contribution in [0.15, 0.2) is 47.2 Å². The zero-order valence-electron chi connectivity index (χ0n) is 18.7. The van der Waals surface area contributed by atoms with Gasteiger partial charge in [0.25, 0.3) is 0 Å². The SMILES string of the molecule is COc1ccc(-c2c(-c3cc(C(C)C)c(O)c(C(C)C)c3)cnc3ccnn23)c(O)c1Br. The normalized spacial score (nSPS) is 11.6. The van der Waals surface area contributed by atoms with Gasteiger partial charge in [0.1, 0.15) is 21.7 Å². The molecular formula is C25H26BrN3O3. The molecule has 0 aliphatic heterocycles. The van der Waals surface area contributed by atoms with Crippen molar-refractivity contribution in [1.29, 1.82) is 0 Å². The summed E-state index contributed by atoms with van der Waals surface area (Å²) in [6.45, 7) is 8.24. The summed E-state index contributed by atoms with van der Waals surface area (Å²) in [6, 6.07) is 9.42. The smallest absolute Gasteiger partial charge is 0.155 e. The minimum atomic E-state index is 0.0561. The molecule has 2 aromatic heterocycles. The van der Waals surface area contributed by atoms with Gasteiger partial charge in [-0.3, -0.25) is 0 Å². The number of methoxy groups -OCH3 is 1. The fourth-order valence-electron chi connectivity index (χ4n) is 3.95. The molecule has 0 saturated heterocycles. The minimum Gasteiger partial charge on any atom is -0.507 e. The van der Waals surface area contributed by atoms with E-state index in [9.17, 15) is 10.2 Å². The van der Waals surface area contributed by atoms with Crippen molar-refractivity contribution in [2.24, 2.45) is 0 Å². The van der Waals surface area contributed by atoms with Crippen molar-refractivity contribution < 1.29 is 14.9 Å². The fourth-order valence-corrected chi connectivity index (χ4v) is 4.46. The van der Waals surface area contributed by atoms with E-state index in [1.54, 1.807) is 30.1 Å². The number of hydrogen-bond donors (Lipinski definition) is 2. The number of nitrogens with zero attached hydrogens (tertiary/aromatic N) is 3. The molecule has 6 nitrogen and oxygen atoms in total. The lowest BCUT2D eigenvalue weighted by molar-refractivity contribution is 0.404. The third kappa shape index (κ3) is 3.60. The van der Waals surface area contributed by atoms with Gasteiger partial charge >= 0.3 is 0 Å². The molecule has 2 heterocycles. The maximum Gasteiger partial charge on any atom is 0.155 e. The summed E-state index contributed by atoms with van der Waals surface area (Å²) in [7, 11) is 1.56. The second-order valence-electron chi connectivity index (χ2n) is 8.41. The Bertz CT molecular complexity index is 1280. The molecule has 2 N–H and O–H groups in total. The van der Waals surface area contributed by atoms with Crippen LogP contribution in [-0.2, 0) is 0 Å². The van der Waals surface area contributed by atoms with Crippen molar-refractivity contribution in [1.82, 2.24) is 14.6 Å². The Morgan fingerprint density at radius 3 is 2.19 bits per heavy atom. The topological polar surface area (TPSA) is 79.9 Å². The maximum atomic E-state index is 11.0. The Kier molecular flexibility index (Phi) is 5.86. The third-order valence-corrected chi connectivity index (χ3v) is 6.46. The van der Waals surface area contributed by atoms with Gasteiger partial charge in [-0.15, -0.1) is 0 Å². The van der Waals surface area contributed by atoms with E-state index in [4.69, 9.17) is 4.74 Å². The molecule has 0 saturated carbocycles. The van der Waals surface area contributed by atoms with E-state index in [-0.39, 0.29) is 17.6 Å². The molecule has 0 radical (unpaired) electrons. The third-order valence-electron chi connectivity index (χ3n) is 5.70. The van der Waals surface area contributed by atoms with Crippen molar-refractivity contribution in [2.75, 3.05) is 7.11 Å². The molecule has 0 unspecified atom stereocenters. The molecule has 0 aliphatic carbocycles. The number of halogens is 1. The highest BCUT2D eigenvalue weighted by atomic mass is 79.9. The van der Waals surface area contributed by atoms with Crippen molar-refractivity contribution in [2.45, 2.75) is 39.5 Å². The molecule has 32 heavy (non-hydrogen) atoms. The lowest BCUT2D eigenvalue weighted by atomic mass is 9.88. The Morgan fingerprint density at radius 1 is 0.938 bits per heavy atom. The first kappa shape index (κ1) is 22.1. The lowest BCUT2D eigenvalue weighted by Crippen LogP contribution is -2.02. The number of rotatable bonds is 5. The Hall–Kier alpha value is -3.06. The molecule has 7 heteroatoms. The van der Waals surface area contributed by atoms with Gasteiger partial charge in [-0.25, -0.2) is 9.50 Å². The van der Waals surface area contributed by atoms with Crippen molar-refractivity contribution in [3.63, 3.8) is 0 Å². The average Bonchev–Trinajstić information content (AvgIpc) is 3.24. The number of phenols is 2. The molecule has 0 atom stereocenters. The van der Waals surface area contributed by atoms with E-state index in [2.05, 4.69) is 53.7 Å². The van der Waals surface area contributed by atoms with Crippen LogP contribution < -0.4 is 4.74 Å². The summed E-state index contributed by atoms with van der Waals surface area (Å²) in [5.74, 6) is 1.21. The fraction of sp³-hybridized carbons (Fsp3) is 0.280. The van der Waals surface area contributed by atoms with Crippen LogP contribution in [0.1, 0.15) is 50.7 Å². The Labute approximate surface area is 195 Å². The molecule has 2 aromatic carbocycles. The van der Waals surface area contributed by atoms with Gasteiger partial charge < -0.3 is 14.9 Å². The Balaban J connectivity index is 2.08. The lowest BCUT2D eigenvalue weighted by Gasteiger charge is -2.20. The first-order chi connectivity index (χ1) is 15.2. The Morgan fingerprint density at radius 2 is 1.59 bits per heavy atom. The zero-order chi connectivity index (χ0) is 23.2. The van der Waals surface area contributed by atoms with Crippen LogP contribution in [0.3, 0.4) is 0 Å². The second kappa shape index (κ2) is 8.47. The largest absolute Gasteiger partial charge is 0.507 e. The molecule has 0 amide bonds. The monoisotopic (exact) mass is 495 g/mol. The minimum absolute atomic E-state index is 0.0561. The molecular weight excluding hydrogens is 470 g/mol. The van der Waals surface area contributed by atoms with Gasteiger partial charge in [0, 0.05) is 23.4 Å². The summed E-state index contributed by atoms with van der Waals surface area (Å²) >= 11 is 3.44. The van der Waals surface area contributed by atoms with Crippen LogP contribution in [0.25, 0.3) is 28.0 Å². The predicted molar refractivity (Wildman–Crippen MR) is 130 cm³/mol. The summed E-state index contributed by atoms with van der Waals surface area (Å²) in [6.07, 6.45) is 3.48. The van der Waals surface area contributed by atoms with Crippen LogP contribution in [0.5, 0.6) is 17.2 Å². The van der Waals surface area contributed by atoms with E-state index in [0.717, 1.165) is 22.3 Å². The molecule has 4 aromatic rings. The van der Waals surface area contributed by atoms with Crippen LogP contribution in [-0.4, -0.2) is 31.9 Å².